The van der Waals surface area contributed by atoms with Gasteiger partial charge in [0.05, 0.1) is 11.0 Å². The summed E-state index contributed by atoms with van der Waals surface area (Å²) < 4.78 is 2.08. The molecule has 0 aliphatic heterocycles. The number of nitrogens with two attached hydrogens (primary N) is 1. The van der Waals surface area contributed by atoms with Crippen molar-refractivity contribution in [3.63, 3.8) is 0 Å². The Kier molecular flexibility index (Phi) is 2.83. The minimum Gasteiger partial charge on any atom is -0.369 e. The lowest BCUT2D eigenvalue weighted by Gasteiger charge is -2.33. The van der Waals surface area contributed by atoms with Gasteiger partial charge in [0.15, 0.2) is 0 Å². The second-order valence-electron chi connectivity index (χ2n) is 5.25. The molecule has 17 heavy (non-hydrogen) atoms. The molecule has 4 heteroatoms. The van der Waals surface area contributed by atoms with Crippen LogP contribution in [0.25, 0.3) is 11.0 Å². The first-order valence-corrected chi connectivity index (χ1v) is 5.80. The lowest BCUT2D eigenvalue weighted by molar-refractivity contribution is 0.172. The molecule has 0 aliphatic carbocycles. The highest BCUT2D eigenvalue weighted by molar-refractivity contribution is 5.78. The summed E-state index contributed by atoms with van der Waals surface area (Å²) in [5, 5.41) is 0. The van der Waals surface area contributed by atoms with Gasteiger partial charge in [-0.15, -0.1) is 0 Å². The number of imidazole rings is 1. The molecular weight excluding hydrogens is 212 g/mol. The van der Waals surface area contributed by atoms with E-state index in [9.17, 15) is 0 Å². The van der Waals surface area contributed by atoms with Crippen molar-refractivity contribution >= 4 is 17.0 Å². The van der Waals surface area contributed by atoms with Gasteiger partial charge in [0, 0.05) is 12.1 Å². The SMILES string of the molecule is CN(C)C(C)(C)Cn1c(N)nc2ccccc21. The zero-order chi connectivity index (χ0) is 12.6. The largest absolute Gasteiger partial charge is 0.369 e. The molecule has 0 bridgehead atoms. The van der Waals surface area contributed by atoms with Gasteiger partial charge >= 0.3 is 0 Å². The van der Waals surface area contributed by atoms with Gasteiger partial charge < -0.3 is 15.2 Å². The van der Waals surface area contributed by atoms with E-state index in [0.717, 1.165) is 17.6 Å². The van der Waals surface area contributed by atoms with Gasteiger partial charge in [-0.3, -0.25) is 0 Å². The van der Waals surface area contributed by atoms with Gasteiger partial charge in [0.2, 0.25) is 5.95 Å². The maximum absolute atomic E-state index is 5.99. The normalized spacial score (nSPS) is 12.5. The molecule has 0 saturated carbocycles. The quantitative estimate of drug-likeness (QED) is 0.880. The molecule has 0 spiro atoms. The summed E-state index contributed by atoms with van der Waals surface area (Å²) >= 11 is 0. The van der Waals surface area contributed by atoms with Gasteiger partial charge in [-0.05, 0) is 40.1 Å². The number of fused-ring (bicyclic) bond motifs is 1. The molecule has 0 saturated heterocycles. The highest BCUT2D eigenvalue weighted by Crippen LogP contribution is 2.22. The Morgan fingerprint density at radius 1 is 1.29 bits per heavy atom. The maximum Gasteiger partial charge on any atom is 0.201 e. The maximum atomic E-state index is 5.99. The Labute approximate surface area is 102 Å². The van der Waals surface area contributed by atoms with E-state index in [0.29, 0.717) is 5.95 Å². The third kappa shape index (κ3) is 2.13. The molecule has 0 fully saturated rings. The van der Waals surface area contributed by atoms with E-state index in [-0.39, 0.29) is 5.54 Å². The molecule has 1 heterocycles. The molecule has 2 N–H and O–H groups in total. The fraction of sp³-hybridized carbons (Fsp3) is 0.462. The van der Waals surface area contributed by atoms with Crippen molar-refractivity contribution in [1.29, 1.82) is 0 Å². The van der Waals surface area contributed by atoms with Crippen molar-refractivity contribution in [2.45, 2.75) is 25.9 Å². The molecule has 92 valence electrons. The average molecular weight is 232 g/mol. The minimum atomic E-state index is 0.0393. The number of hydrogen-bond donors (Lipinski definition) is 1. The number of nitrogen functional groups attached to an aromatic ring is 1. The highest BCUT2D eigenvalue weighted by Gasteiger charge is 2.23. The molecule has 1 aromatic carbocycles. The summed E-state index contributed by atoms with van der Waals surface area (Å²) in [4.78, 5) is 6.57. The predicted octanol–water partition coefficient (Wildman–Crippen LogP) is 1.96. The van der Waals surface area contributed by atoms with Crippen LogP contribution in [-0.2, 0) is 6.54 Å². The number of para-hydroxylation sites is 2. The lowest BCUT2D eigenvalue weighted by atomic mass is 10.0. The van der Waals surface area contributed by atoms with Crippen molar-refractivity contribution in [2.75, 3.05) is 19.8 Å². The van der Waals surface area contributed by atoms with E-state index in [1.54, 1.807) is 0 Å². The first kappa shape index (κ1) is 11.9. The Morgan fingerprint density at radius 2 is 1.94 bits per heavy atom. The summed E-state index contributed by atoms with van der Waals surface area (Å²) in [6, 6.07) is 8.05. The predicted molar refractivity (Wildman–Crippen MR) is 71.9 cm³/mol. The van der Waals surface area contributed by atoms with Crippen LogP contribution in [0.2, 0.25) is 0 Å². The van der Waals surface area contributed by atoms with Crippen LogP contribution in [0.4, 0.5) is 5.95 Å². The van der Waals surface area contributed by atoms with Crippen LogP contribution in [0.15, 0.2) is 24.3 Å². The third-order valence-electron chi connectivity index (χ3n) is 3.44. The summed E-state index contributed by atoms with van der Waals surface area (Å²) in [6.45, 7) is 5.22. The van der Waals surface area contributed by atoms with E-state index < -0.39 is 0 Å². The number of likely N-dealkylation sites (N-methyl/N-ethyl adjacent to an activating group) is 1. The lowest BCUT2D eigenvalue weighted by Crippen LogP contribution is -2.42. The summed E-state index contributed by atoms with van der Waals surface area (Å²) in [5.41, 5.74) is 8.09. The molecule has 0 radical (unpaired) electrons. The Morgan fingerprint density at radius 3 is 2.59 bits per heavy atom. The second-order valence-corrected chi connectivity index (χ2v) is 5.25. The van der Waals surface area contributed by atoms with Crippen LogP contribution in [0.3, 0.4) is 0 Å². The van der Waals surface area contributed by atoms with Crippen molar-refractivity contribution in [2.24, 2.45) is 0 Å². The van der Waals surface area contributed by atoms with Crippen molar-refractivity contribution < 1.29 is 0 Å². The molecule has 0 atom stereocenters. The monoisotopic (exact) mass is 232 g/mol. The average Bonchev–Trinajstić information content (AvgIpc) is 2.55. The molecule has 4 nitrogen and oxygen atoms in total. The molecular formula is C13H20N4. The zero-order valence-electron chi connectivity index (χ0n) is 10.9. The van der Waals surface area contributed by atoms with Gasteiger partial charge in [-0.1, -0.05) is 12.1 Å². The molecule has 0 amide bonds. The van der Waals surface area contributed by atoms with Crippen LogP contribution in [0, 0.1) is 0 Å². The van der Waals surface area contributed by atoms with Crippen molar-refractivity contribution in [1.82, 2.24) is 14.5 Å². The fourth-order valence-corrected chi connectivity index (χ4v) is 1.79. The fourth-order valence-electron chi connectivity index (χ4n) is 1.79. The van der Waals surface area contributed by atoms with Crippen LogP contribution >= 0.6 is 0 Å². The first-order valence-electron chi connectivity index (χ1n) is 5.80. The van der Waals surface area contributed by atoms with E-state index in [2.05, 4.69) is 48.5 Å². The molecule has 0 unspecified atom stereocenters. The Hall–Kier alpha value is -1.55. The Balaban J connectivity index is 2.45. The van der Waals surface area contributed by atoms with Gasteiger partial charge in [0.1, 0.15) is 0 Å². The third-order valence-corrected chi connectivity index (χ3v) is 3.44. The number of rotatable bonds is 3. The van der Waals surface area contributed by atoms with E-state index in [1.165, 1.54) is 0 Å². The summed E-state index contributed by atoms with van der Waals surface area (Å²) in [6.07, 6.45) is 0. The molecule has 2 aromatic rings. The number of anilines is 1. The Bertz CT molecular complexity index is 525. The number of benzene rings is 1. The zero-order valence-corrected chi connectivity index (χ0v) is 10.9. The van der Waals surface area contributed by atoms with Crippen LogP contribution < -0.4 is 5.73 Å². The number of aromatic nitrogens is 2. The van der Waals surface area contributed by atoms with E-state index in [1.807, 2.05) is 18.2 Å². The highest BCUT2D eigenvalue weighted by atomic mass is 15.2. The first-order chi connectivity index (χ1) is 7.92. The smallest absolute Gasteiger partial charge is 0.201 e. The second kappa shape index (κ2) is 4.04. The van der Waals surface area contributed by atoms with Crippen LogP contribution in [0.5, 0.6) is 0 Å². The molecule has 1 aromatic heterocycles. The minimum absolute atomic E-state index is 0.0393. The van der Waals surface area contributed by atoms with Gasteiger partial charge in [0.25, 0.3) is 0 Å². The van der Waals surface area contributed by atoms with Gasteiger partial charge in [-0.25, -0.2) is 4.98 Å². The van der Waals surface area contributed by atoms with Gasteiger partial charge in [-0.2, -0.15) is 0 Å². The molecule has 0 aliphatic rings. The summed E-state index contributed by atoms with van der Waals surface area (Å²) in [7, 11) is 4.16. The van der Waals surface area contributed by atoms with E-state index >= 15 is 0 Å². The van der Waals surface area contributed by atoms with Crippen LogP contribution in [-0.4, -0.2) is 34.1 Å². The van der Waals surface area contributed by atoms with Crippen molar-refractivity contribution in [3.05, 3.63) is 24.3 Å². The van der Waals surface area contributed by atoms with E-state index in [4.69, 9.17) is 5.73 Å². The topological polar surface area (TPSA) is 47.1 Å². The summed E-state index contributed by atoms with van der Waals surface area (Å²) in [5.74, 6) is 0.584. The standard InChI is InChI=1S/C13H20N4/c1-13(2,16(3)4)9-17-11-8-6-5-7-10(11)15-12(17)14/h5-8H,9H2,1-4H3,(H2,14,15). The number of nitrogens with zero attached hydrogens (tertiary/aromatic N) is 3. The molecule has 2 rings (SSSR count). The number of hydrogen-bond acceptors (Lipinski definition) is 3. The van der Waals surface area contributed by atoms with Crippen LogP contribution in [0.1, 0.15) is 13.8 Å². The van der Waals surface area contributed by atoms with Crippen molar-refractivity contribution in [3.8, 4) is 0 Å².